The van der Waals surface area contributed by atoms with Crippen molar-refractivity contribution in [3.8, 4) is 0 Å². The Balaban J connectivity index is 2.38. The van der Waals surface area contributed by atoms with E-state index in [1.54, 1.807) is 18.2 Å². The summed E-state index contributed by atoms with van der Waals surface area (Å²) >= 11 is 11.8. The molecule has 1 N–H and O–H groups in total. The fourth-order valence-electron chi connectivity index (χ4n) is 1.64. The minimum Gasteiger partial charge on any atom is -0.325 e. The van der Waals surface area contributed by atoms with Crippen molar-refractivity contribution in [2.24, 2.45) is 0 Å². The van der Waals surface area contributed by atoms with Gasteiger partial charge in [0.1, 0.15) is 0 Å². The smallest absolute Gasteiger partial charge is 0.225 e. The molecule has 0 aliphatic rings. The second-order valence-corrected chi connectivity index (χ2v) is 5.42. The maximum atomic E-state index is 11.8. The molecule has 0 aromatic heterocycles. The fourth-order valence-corrected chi connectivity index (χ4v) is 2.09. The predicted octanol–water partition coefficient (Wildman–Crippen LogP) is 4.05. The zero-order valence-corrected chi connectivity index (χ0v) is 12.9. The Labute approximate surface area is 124 Å². The first-order valence-electron chi connectivity index (χ1n) is 6.46. The zero-order valence-electron chi connectivity index (χ0n) is 11.4. The summed E-state index contributed by atoms with van der Waals surface area (Å²) in [6.07, 6.45) is 2.78. The van der Waals surface area contributed by atoms with Gasteiger partial charge in [0.15, 0.2) is 0 Å². The van der Waals surface area contributed by atoms with Crippen LogP contribution in [0.25, 0.3) is 0 Å². The zero-order chi connectivity index (χ0) is 14.3. The van der Waals surface area contributed by atoms with Crippen LogP contribution in [-0.2, 0) is 4.79 Å². The van der Waals surface area contributed by atoms with Gasteiger partial charge >= 0.3 is 0 Å². The molecule has 106 valence electrons. The molecule has 1 rings (SSSR count). The van der Waals surface area contributed by atoms with Crippen LogP contribution in [0.2, 0.25) is 10.0 Å². The Morgan fingerprint density at radius 3 is 2.68 bits per heavy atom. The number of carbonyl (C=O) groups is 1. The summed E-state index contributed by atoms with van der Waals surface area (Å²) in [7, 11) is 2.03. The third-order valence-corrected chi connectivity index (χ3v) is 3.37. The average molecular weight is 303 g/mol. The molecule has 0 saturated carbocycles. The molecule has 19 heavy (non-hydrogen) atoms. The lowest BCUT2D eigenvalue weighted by atomic mass is 10.3. The van der Waals surface area contributed by atoms with Crippen LogP contribution in [0.15, 0.2) is 18.2 Å². The van der Waals surface area contributed by atoms with Gasteiger partial charge in [0, 0.05) is 18.0 Å². The number of rotatable bonds is 7. The van der Waals surface area contributed by atoms with Crippen molar-refractivity contribution in [2.75, 3.05) is 25.5 Å². The minimum atomic E-state index is -0.0347. The molecule has 5 heteroatoms. The molecule has 0 unspecified atom stereocenters. The van der Waals surface area contributed by atoms with Crippen molar-refractivity contribution in [3.05, 3.63) is 28.2 Å². The summed E-state index contributed by atoms with van der Waals surface area (Å²) in [6.45, 7) is 3.92. The highest BCUT2D eigenvalue weighted by Crippen LogP contribution is 2.25. The van der Waals surface area contributed by atoms with Crippen molar-refractivity contribution < 1.29 is 4.79 Å². The number of hydrogen-bond donors (Lipinski definition) is 1. The highest BCUT2D eigenvalue weighted by molar-refractivity contribution is 6.36. The molecule has 0 saturated heterocycles. The van der Waals surface area contributed by atoms with Gasteiger partial charge in [-0.2, -0.15) is 0 Å². The van der Waals surface area contributed by atoms with E-state index in [2.05, 4.69) is 17.1 Å². The van der Waals surface area contributed by atoms with Gasteiger partial charge in [-0.05, 0) is 38.2 Å². The minimum absolute atomic E-state index is 0.0347. The Bertz CT molecular complexity index is 424. The van der Waals surface area contributed by atoms with Crippen molar-refractivity contribution in [2.45, 2.75) is 26.2 Å². The molecule has 0 fully saturated rings. The first kappa shape index (κ1) is 16.3. The van der Waals surface area contributed by atoms with Crippen molar-refractivity contribution in [1.82, 2.24) is 4.90 Å². The van der Waals surface area contributed by atoms with Gasteiger partial charge in [-0.1, -0.05) is 36.5 Å². The maximum absolute atomic E-state index is 11.8. The summed E-state index contributed by atoms with van der Waals surface area (Å²) in [5.41, 5.74) is 0.604. The highest BCUT2D eigenvalue weighted by atomic mass is 35.5. The van der Waals surface area contributed by atoms with Crippen molar-refractivity contribution in [3.63, 3.8) is 0 Å². The number of halogens is 2. The second-order valence-electron chi connectivity index (χ2n) is 4.58. The third-order valence-electron chi connectivity index (χ3n) is 2.82. The Kier molecular flexibility index (Phi) is 7.21. The summed E-state index contributed by atoms with van der Waals surface area (Å²) < 4.78 is 0. The molecule has 1 aromatic rings. The maximum Gasteiger partial charge on any atom is 0.225 e. The van der Waals surface area contributed by atoms with E-state index in [0.29, 0.717) is 22.2 Å². The fraction of sp³-hybridized carbons (Fsp3) is 0.500. The molecular formula is C14H20Cl2N2O. The number of benzene rings is 1. The molecule has 0 bridgehead atoms. The van der Waals surface area contributed by atoms with Gasteiger partial charge in [0.25, 0.3) is 0 Å². The summed E-state index contributed by atoms with van der Waals surface area (Å²) in [4.78, 5) is 14.0. The van der Waals surface area contributed by atoms with Gasteiger partial charge in [0.05, 0.1) is 10.7 Å². The first-order valence-corrected chi connectivity index (χ1v) is 7.22. The molecule has 0 heterocycles. The van der Waals surface area contributed by atoms with Crippen LogP contribution in [0.4, 0.5) is 5.69 Å². The number of carbonyl (C=O) groups excluding carboxylic acids is 1. The Morgan fingerprint density at radius 2 is 2.05 bits per heavy atom. The monoisotopic (exact) mass is 302 g/mol. The molecule has 3 nitrogen and oxygen atoms in total. The van der Waals surface area contributed by atoms with Crippen molar-refractivity contribution >= 4 is 34.8 Å². The molecule has 1 aromatic carbocycles. The quantitative estimate of drug-likeness (QED) is 0.824. The molecular weight excluding hydrogens is 283 g/mol. The lowest BCUT2D eigenvalue weighted by molar-refractivity contribution is -0.116. The van der Waals surface area contributed by atoms with Gasteiger partial charge in [0.2, 0.25) is 5.91 Å². The van der Waals surface area contributed by atoms with Gasteiger partial charge in [-0.25, -0.2) is 0 Å². The largest absolute Gasteiger partial charge is 0.325 e. The number of unbranched alkanes of at least 4 members (excludes halogenated alkanes) is 1. The Hall–Kier alpha value is -0.770. The molecule has 0 radical (unpaired) electrons. The van der Waals surface area contributed by atoms with Crippen LogP contribution in [0.1, 0.15) is 26.2 Å². The van der Waals surface area contributed by atoms with Crippen LogP contribution < -0.4 is 5.32 Å². The lowest BCUT2D eigenvalue weighted by Crippen LogP contribution is -2.25. The molecule has 1 amide bonds. The number of anilines is 1. The van der Waals surface area contributed by atoms with E-state index in [1.165, 1.54) is 0 Å². The van der Waals surface area contributed by atoms with E-state index in [0.717, 1.165) is 25.9 Å². The van der Waals surface area contributed by atoms with E-state index in [9.17, 15) is 4.79 Å². The van der Waals surface area contributed by atoms with Crippen molar-refractivity contribution in [1.29, 1.82) is 0 Å². The normalized spacial score (nSPS) is 10.8. The topological polar surface area (TPSA) is 32.3 Å². The van der Waals surface area contributed by atoms with Crippen LogP contribution in [0.3, 0.4) is 0 Å². The SMILES string of the molecule is CCCCN(C)CCC(=O)Nc1ccc(Cl)cc1Cl. The first-order chi connectivity index (χ1) is 9.02. The number of hydrogen-bond acceptors (Lipinski definition) is 2. The number of nitrogens with one attached hydrogen (secondary N) is 1. The highest BCUT2D eigenvalue weighted by Gasteiger charge is 2.07. The molecule has 0 spiro atoms. The predicted molar refractivity (Wildman–Crippen MR) is 82.1 cm³/mol. The summed E-state index contributed by atoms with van der Waals surface area (Å²) in [5, 5.41) is 3.81. The van der Waals surface area contributed by atoms with Crippen LogP contribution in [0, 0.1) is 0 Å². The van der Waals surface area contributed by atoms with Gasteiger partial charge in [-0.15, -0.1) is 0 Å². The third kappa shape index (κ3) is 6.28. The van der Waals surface area contributed by atoms with E-state index in [1.807, 2.05) is 7.05 Å². The van der Waals surface area contributed by atoms with Crippen LogP contribution in [-0.4, -0.2) is 30.9 Å². The van der Waals surface area contributed by atoms with E-state index in [4.69, 9.17) is 23.2 Å². The van der Waals surface area contributed by atoms with E-state index < -0.39 is 0 Å². The number of amides is 1. The van der Waals surface area contributed by atoms with Gasteiger partial charge in [-0.3, -0.25) is 4.79 Å². The number of nitrogens with zero attached hydrogens (tertiary/aromatic N) is 1. The average Bonchev–Trinajstić information content (AvgIpc) is 2.37. The standard InChI is InChI=1S/C14H20Cl2N2O/c1-3-4-8-18(2)9-7-14(19)17-13-6-5-11(15)10-12(13)16/h5-6,10H,3-4,7-9H2,1-2H3,(H,17,19). The lowest BCUT2D eigenvalue weighted by Gasteiger charge is -2.15. The molecule has 0 aliphatic heterocycles. The molecule has 0 aliphatic carbocycles. The summed E-state index contributed by atoms with van der Waals surface area (Å²) in [5.74, 6) is -0.0347. The van der Waals surface area contributed by atoms with E-state index >= 15 is 0 Å². The van der Waals surface area contributed by atoms with Crippen LogP contribution in [0.5, 0.6) is 0 Å². The summed E-state index contributed by atoms with van der Waals surface area (Å²) in [6, 6.07) is 5.03. The van der Waals surface area contributed by atoms with Gasteiger partial charge < -0.3 is 10.2 Å². The Morgan fingerprint density at radius 1 is 1.32 bits per heavy atom. The van der Waals surface area contributed by atoms with Crippen LogP contribution >= 0.6 is 23.2 Å². The second kappa shape index (κ2) is 8.41. The van der Waals surface area contributed by atoms with E-state index in [-0.39, 0.29) is 5.91 Å². The molecule has 0 atom stereocenters.